The quantitative estimate of drug-likeness (QED) is 0.756. The average molecular weight is 359 g/mol. The first-order valence-electron chi connectivity index (χ1n) is 6.14. The Morgan fingerprint density at radius 3 is 2.80 bits per heavy atom. The molecule has 106 valence electrons. The zero-order valence-corrected chi connectivity index (χ0v) is 13.3. The fraction of sp³-hybridized carbons (Fsp3) is 0.200. The van der Waals surface area contributed by atoms with Gasteiger partial charge in [0.1, 0.15) is 18.2 Å². The van der Waals surface area contributed by atoms with Gasteiger partial charge in [-0.25, -0.2) is 4.39 Å². The first-order chi connectivity index (χ1) is 9.56. The van der Waals surface area contributed by atoms with Crippen molar-refractivity contribution in [3.05, 3.63) is 57.3 Å². The van der Waals surface area contributed by atoms with Crippen molar-refractivity contribution < 1.29 is 9.13 Å². The number of ether oxygens (including phenoxy) is 1. The van der Waals surface area contributed by atoms with E-state index in [1.807, 2.05) is 13.0 Å². The van der Waals surface area contributed by atoms with E-state index in [0.717, 1.165) is 15.7 Å². The molecule has 0 spiro atoms. The summed E-state index contributed by atoms with van der Waals surface area (Å²) >= 11 is 9.50. The van der Waals surface area contributed by atoms with Gasteiger partial charge in [0, 0.05) is 16.7 Å². The maximum Gasteiger partial charge on any atom is 0.140 e. The fourth-order valence-electron chi connectivity index (χ4n) is 1.82. The number of nitrogens with one attached hydrogen (secondary N) is 1. The normalized spacial score (nSPS) is 10.4. The maximum absolute atomic E-state index is 13.0. The highest BCUT2D eigenvalue weighted by atomic mass is 79.9. The van der Waals surface area contributed by atoms with Crippen molar-refractivity contribution in [2.24, 2.45) is 0 Å². The summed E-state index contributed by atoms with van der Waals surface area (Å²) in [6, 6.07) is 10.1. The zero-order chi connectivity index (χ0) is 14.5. The van der Waals surface area contributed by atoms with E-state index in [2.05, 4.69) is 21.2 Å². The molecule has 0 aliphatic rings. The van der Waals surface area contributed by atoms with Crippen LogP contribution in [0.5, 0.6) is 5.75 Å². The molecule has 2 nitrogen and oxygen atoms in total. The van der Waals surface area contributed by atoms with Crippen LogP contribution < -0.4 is 10.1 Å². The van der Waals surface area contributed by atoms with Crippen LogP contribution in [0, 0.1) is 12.7 Å². The van der Waals surface area contributed by atoms with E-state index in [1.165, 1.54) is 12.1 Å². The Hall–Kier alpha value is -1.26. The Balaban J connectivity index is 1.88. The Bertz CT molecular complexity index is 583. The van der Waals surface area contributed by atoms with Gasteiger partial charge in [0.25, 0.3) is 0 Å². The van der Waals surface area contributed by atoms with E-state index in [9.17, 15) is 4.39 Å². The molecule has 2 aromatic carbocycles. The Morgan fingerprint density at radius 1 is 1.30 bits per heavy atom. The molecule has 0 saturated heterocycles. The molecule has 0 aromatic heterocycles. The molecular weight excluding hydrogens is 345 g/mol. The lowest BCUT2D eigenvalue weighted by molar-refractivity contribution is 0.331. The third-order valence-electron chi connectivity index (χ3n) is 2.70. The molecule has 0 amide bonds. The largest absolute Gasteiger partial charge is 0.490 e. The van der Waals surface area contributed by atoms with Gasteiger partial charge in [-0.1, -0.05) is 33.6 Å². The second-order valence-electron chi connectivity index (χ2n) is 4.32. The summed E-state index contributed by atoms with van der Waals surface area (Å²) in [4.78, 5) is 0. The molecule has 2 rings (SSSR count). The highest BCUT2D eigenvalue weighted by Crippen LogP contribution is 2.31. The van der Waals surface area contributed by atoms with Crippen LogP contribution in [0.4, 0.5) is 10.1 Å². The molecule has 0 aliphatic heterocycles. The van der Waals surface area contributed by atoms with Gasteiger partial charge >= 0.3 is 0 Å². The summed E-state index contributed by atoms with van der Waals surface area (Å²) in [6.45, 7) is 2.94. The molecule has 2 aromatic rings. The second kappa shape index (κ2) is 6.95. The highest BCUT2D eigenvalue weighted by molar-refractivity contribution is 9.10. The molecule has 0 radical (unpaired) electrons. The molecular formula is C15H14BrClFNO. The minimum Gasteiger partial charge on any atom is -0.490 e. The van der Waals surface area contributed by atoms with Crippen molar-refractivity contribution >= 4 is 33.2 Å². The second-order valence-corrected chi connectivity index (χ2v) is 5.64. The molecule has 0 bridgehead atoms. The Morgan fingerprint density at radius 2 is 2.10 bits per heavy atom. The van der Waals surface area contributed by atoms with Crippen LogP contribution in [0.1, 0.15) is 5.56 Å². The smallest absolute Gasteiger partial charge is 0.140 e. The SMILES string of the molecule is Cc1cc(Br)cc(Cl)c1OCCNc1cccc(F)c1. The number of hydrogen-bond acceptors (Lipinski definition) is 2. The predicted octanol–water partition coefficient (Wildman–Crippen LogP) is 5.04. The number of hydrogen-bond donors (Lipinski definition) is 1. The lowest BCUT2D eigenvalue weighted by Gasteiger charge is -2.12. The topological polar surface area (TPSA) is 21.3 Å². The minimum atomic E-state index is -0.261. The van der Waals surface area contributed by atoms with Crippen LogP contribution in [0.25, 0.3) is 0 Å². The Labute approximate surface area is 131 Å². The van der Waals surface area contributed by atoms with Gasteiger partial charge < -0.3 is 10.1 Å². The standard InChI is InChI=1S/C15H14BrClFNO/c1-10-7-11(16)8-14(17)15(10)20-6-5-19-13-4-2-3-12(18)9-13/h2-4,7-9,19H,5-6H2,1H3. The summed E-state index contributed by atoms with van der Waals surface area (Å²) in [7, 11) is 0. The highest BCUT2D eigenvalue weighted by Gasteiger charge is 2.07. The fourth-order valence-corrected chi connectivity index (χ4v) is 2.84. The molecule has 0 unspecified atom stereocenters. The molecule has 0 atom stereocenters. The van der Waals surface area contributed by atoms with Gasteiger partial charge in [0.05, 0.1) is 5.02 Å². The van der Waals surface area contributed by atoms with Crippen molar-refractivity contribution in [3.8, 4) is 5.75 Å². The van der Waals surface area contributed by atoms with Gasteiger partial charge in [0.2, 0.25) is 0 Å². The van der Waals surface area contributed by atoms with E-state index in [4.69, 9.17) is 16.3 Å². The summed E-state index contributed by atoms with van der Waals surface area (Å²) in [6.07, 6.45) is 0. The zero-order valence-electron chi connectivity index (χ0n) is 10.9. The van der Waals surface area contributed by atoms with Crippen LogP contribution in [0.3, 0.4) is 0 Å². The van der Waals surface area contributed by atoms with Gasteiger partial charge in [-0.05, 0) is 42.8 Å². The summed E-state index contributed by atoms with van der Waals surface area (Å²) < 4.78 is 19.6. The summed E-state index contributed by atoms with van der Waals surface area (Å²) in [5, 5.41) is 3.66. The van der Waals surface area contributed by atoms with Gasteiger partial charge in [0.15, 0.2) is 0 Å². The number of benzene rings is 2. The summed E-state index contributed by atoms with van der Waals surface area (Å²) in [5.41, 5.74) is 1.70. The van der Waals surface area contributed by atoms with Crippen LogP contribution in [0.15, 0.2) is 40.9 Å². The van der Waals surface area contributed by atoms with Gasteiger partial charge in [-0.2, -0.15) is 0 Å². The average Bonchev–Trinajstić information content (AvgIpc) is 2.36. The first-order valence-corrected chi connectivity index (χ1v) is 7.31. The molecule has 1 N–H and O–H groups in total. The lowest BCUT2D eigenvalue weighted by atomic mass is 10.2. The van der Waals surface area contributed by atoms with E-state index in [0.29, 0.717) is 23.9 Å². The predicted molar refractivity (Wildman–Crippen MR) is 84.3 cm³/mol. The van der Waals surface area contributed by atoms with Gasteiger partial charge in [-0.15, -0.1) is 0 Å². The summed E-state index contributed by atoms with van der Waals surface area (Å²) in [5.74, 6) is 0.415. The third kappa shape index (κ3) is 4.12. The Kier molecular flexibility index (Phi) is 5.26. The molecule has 0 saturated carbocycles. The van der Waals surface area contributed by atoms with Crippen LogP contribution in [0.2, 0.25) is 5.02 Å². The van der Waals surface area contributed by atoms with Crippen molar-refractivity contribution in [2.45, 2.75) is 6.92 Å². The lowest BCUT2D eigenvalue weighted by Crippen LogP contribution is -2.12. The van der Waals surface area contributed by atoms with E-state index < -0.39 is 0 Å². The third-order valence-corrected chi connectivity index (χ3v) is 3.43. The van der Waals surface area contributed by atoms with E-state index in [-0.39, 0.29) is 5.82 Å². The van der Waals surface area contributed by atoms with Crippen molar-refractivity contribution in [1.29, 1.82) is 0 Å². The molecule has 0 heterocycles. The maximum atomic E-state index is 13.0. The van der Waals surface area contributed by atoms with Gasteiger partial charge in [-0.3, -0.25) is 0 Å². The van der Waals surface area contributed by atoms with Crippen LogP contribution >= 0.6 is 27.5 Å². The van der Waals surface area contributed by atoms with Crippen LogP contribution in [-0.4, -0.2) is 13.2 Å². The van der Waals surface area contributed by atoms with Crippen molar-refractivity contribution in [2.75, 3.05) is 18.5 Å². The number of anilines is 1. The number of halogens is 3. The number of rotatable bonds is 5. The van der Waals surface area contributed by atoms with E-state index in [1.54, 1.807) is 18.2 Å². The van der Waals surface area contributed by atoms with Crippen LogP contribution in [-0.2, 0) is 0 Å². The van der Waals surface area contributed by atoms with E-state index >= 15 is 0 Å². The molecule has 20 heavy (non-hydrogen) atoms. The molecule has 5 heteroatoms. The molecule has 0 aliphatic carbocycles. The van der Waals surface area contributed by atoms with Crippen molar-refractivity contribution in [3.63, 3.8) is 0 Å². The minimum absolute atomic E-state index is 0.261. The van der Waals surface area contributed by atoms with Crippen molar-refractivity contribution in [1.82, 2.24) is 0 Å². The molecule has 0 fully saturated rings. The number of aryl methyl sites for hydroxylation is 1. The first kappa shape index (κ1) is 15.1. The monoisotopic (exact) mass is 357 g/mol.